The molecule has 0 saturated heterocycles. The third-order valence-corrected chi connectivity index (χ3v) is 3.17. The van der Waals surface area contributed by atoms with Crippen molar-refractivity contribution >= 4 is 17.7 Å². The minimum atomic E-state index is -1.06. The van der Waals surface area contributed by atoms with E-state index in [9.17, 15) is 13.6 Å². The van der Waals surface area contributed by atoms with Crippen LogP contribution in [0.15, 0.2) is 23.1 Å². The zero-order valence-corrected chi connectivity index (χ0v) is 9.14. The molecule has 88 valence electrons. The zero-order chi connectivity index (χ0) is 12.1. The van der Waals surface area contributed by atoms with E-state index in [0.29, 0.717) is 0 Å². The number of carboxylic acid groups (broad SMARTS) is 1. The fourth-order valence-corrected chi connectivity index (χ4v) is 2.09. The molecule has 1 rings (SSSR count). The van der Waals surface area contributed by atoms with Crippen molar-refractivity contribution in [3.8, 4) is 0 Å². The number of carbonyl (C=O) groups is 1. The summed E-state index contributed by atoms with van der Waals surface area (Å²) in [6, 6.07) is 3.04. The molecule has 1 aromatic rings. The highest BCUT2D eigenvalue weighted by atomic mass is 32.2. The Hall–Kier alpha value is -1.14. The van der Waals surface area contributed by atoms with Gasteiger partial charge in [-0.05, 0) is 25.1 Å². The van der Waals surface area contributed by atoms with Crippen LogP contribution in [-0.4, -0.2) is 22.9 Å². The molecule has 1 unspecified atom stereocenters. The SMILES string of the molecule is NCCC(Sc1ccc(F)cc1F)C(=O)O. The summed E-state index contributed by atoms with van der Waals surface area (Å²) in [6.07, 6.45) is 0.233. The first-order valence-corrected chi connectivity index (χ1v) is 5.47. The van der Waals surface area contributed by atoms with Crippen LogP contribution in [0.3, 0.4) is 0 Å². The molecule has 0 radical (unpaired) electrons. The molecule has 1 aromatic carbocycles. The molecule has 0 aliphatic carbocycles. The number of carboxylic acids is 1. The van der Waals surface area contributed by atoms with Gasteiger partial charge in [-0.15, -0.1) is 11.8 Å². The fraction of sp³-hybridized carbons (Fsp3) is 0.300. The first-order chi connectivity index (χ1) is 7.54. The Bertz CT molecular complexity index is 387. The minimum Gasteiger partial charge on any atom is -0.480 e. The van der Waals surface area contributed by atoms with Crippen LogP contribution >= 0.6 is 11.8 Å². The Labute approximate surface area is 95.6 Å². The molecule has 0 aliphatic heterocycles. The first-order valence-electron chi connectivity index (χ1n) is 4.59. The van der Waals surface area contributed by atoms with Gasteiger partial charge in [-0.2, -0.15) is 0 Å². The highest BCUT2D eigenvalue weighted by molar-refractivity contribution is 8.00. The lowest BCUT2D eigenvalue weighted by Crippen LogP contribution is -2.20. The van der Waals surface area contributed by atoms with Crippen LogP contribution in [0.25, 0.3) is 0 Å². The molecular weight excluding hydrogens is 236 g/mol. The lowest BCUT2D eigenvalue weighted by molar-refractivity contribution is -0.136. The van der Waals surface area contributed by atoms with Gasteiger partial charge in [0.25, 0.3) is 0 Å². The van der Waals surface area contributed by atoms with Crippen LogP contribution in [0.4, 0.5) is 8.78 Å². The molecule has 0 bridgehead atoms. The summed E-state index contributed by atoms with van der Waals surface area (Å²) in [5, 5.41) is 8.02. The van der Waals surface area contributed by atoms with Crippen LogP contribution in [0.2, 0.25) is 0 Å². The molecule has 0 amide bonds. The Morgan fingerprint density at radius 2 is 2.19 bits per heavy atom. The number of thioether (sulfide) groups is 1. The van der Waals surface area contributed by atoms with Crippen LogP contribution in [0, 0.1) is 11.6 Å². The predicted molar refractivity (Wildman–Crippen MR) is 57.3 cm³/mol. The van der Waals surface area contributed by atoms with E-state index in [4.69, 9.17) is 10.8 Å². The topological polar surface area (TPSA) is 63.3 Å². The van der Waals surface area contributed by atoms with E-state index < -0.39 is 22.9 Å². The number of hydrogen-bond acceptors (Lipinski definition) is 3. The smallest absolute Gasteiger partial charge is 0.317 e. The second-order valence-corrected chi connectivity index (χ2v) is 4.34. The van der Waals surface area contributed by atoms with Crippen molar-refractivity contribution < 1.29 is 18.7 Å². The van der Waals surface area contributed by atoms with Gasteiger partial charge in [0.1, 0.15) is 16.9 Å². The van der Waals surface area contributed by atoms with Gasteiger partial charge in [-0.1, -0.05) is 0 Å². The quantitative estimate of drug-likeness (QED) is 0.779. The number of halogens is 2. The van der Waals surface area contributed by atoms with Gasteiger partial charge in [0.05, 0.1) is 0 Å². The monoisotopic (exact) mass is 247 g/mol. The Morgan fingerprint density at radius 1 is 1.50 bits per heavy atom. The molecular formula is C10H11F2NO2S. The highest BCUT2D eigenvalue weighted by Crippen LogP contribution is 2.28. The predicted octanol–water partition coefficient (Wildman–Crippen LogP) is 1.86. The van der Waals surface area contributed by atoms with Crippen molar-refractivity contribution in [1.29, 1.82) is 0 Å². The van der Waals surface area contributed by atoms with Crippen molar-refractivity contribution in [2.24, 2.45) is 5.73 Å². The molecule has 3 N–H and O–H groups in total. The first kappa shape index (κ1) is 12.9. The second-order valence-electron chi connectivity index (χ2n) is 3.10. The maximum Gasteiger partial charge on any atom is 0.317 e. The van der Waals surface area contributed by atoms with E-state index >= 15 is 0 Å². The van der Waals surface area contributed by atoms with Gasteiger partial charge in [-0.3, -0.25) is 4.79 Å². The van der Waals surface area contributed by atoms with Crippen molar-refractivity contribution in [2.75, 3.05) is 6.54 Å². The molecule has 0 aliphatic rings. The molecule has 16 heavy (non-hydrogen) atoms. The summed E-state index contributed by atoms with van der Waals surface area (Å²) in [4.78, 5) is 10.9. The summed E-state index contributed by atoms with van der Waals surface area (Å²) in [6.45, 7) is 0.201. The number of aliphatic carboxylic acids is 1. The molecule has 0 spiro atoms. The molecule has 0 aromatic heterocycles. The van der Waals surface area contributed by atoms with E-state index in [0.717, 1.165) is 23.9 Å². The van der Waals surface area contributed by atoms with E-state index in [2.05, 4.69) is 0 Å². The molecule has 0 saturated carbocycles. The van der Waals surface area contributed by atoms with E-state index in [-0.39, 0.29) is 17.9 Å². The van der Waals surface area contributed by atoms with Gasteiger partial charge >= 0.3 is 5.97 Å². The zero-order valence-electron chi connectivity index (χ0n) is 8.32. The standard InChI is InChI=1S/C10H11F2NO2S/c11-6-1-2-8(7(12)5-6)16-9(3-4-13)10(14)15/h1-2,5,9H,3-4,13H2,(H,14,15). The minimum absolute atomic E-state index is 0.113. The average molecular weight is 247 g/mol. The largest absolute Gasteiger partial charge is 0.480 e. The van der Waals surface area contributed by atoms with Crippen LogP contribution in [0.1, 0.15) is 6.42 Å². The molecule has 1 atom stereocenters. The average Bonchev–Trinajstić information content (AvgIpc) is 2.20. The van der Waals surface area contributed by atoms with Crippen molar-refractivity contribution in [1.82, 2.24) is 0 Å². The summed E-state index contributed by atoms with van der Waals surface area (Å²) in [5.41, 5.74) is 5.25. The second kappa shape index (κ2) is 5.81. The normalized spacial score (nSPS) is 12.4. The van der Waals surface area contributed by atoms with Gasteiger partial charge < -0.3 is 10.8 Å². The van der Waals surface area contributed by atoms with E-state index in [1.807, 2.05) is 0 Å². The van der Waals surface area contributed by atoms with Gasteiger partial charge in [0.15, 0.2) is 0 Å². The molecule has 3 nitrogen and oxygen atoms in total. The van der Waals surface area contributed by atoms with E-state index in [1.54, 1.807) is 0 Å². The Morgan fingerprint density at radius 3 is 2.69 bits per heavy atom. The summed E-state index contributed by atoms with van der Waals surface area (Å²) < 4.78 is 25.8. The van der Waals surface area contributed by atoms with E-state index in [1.165, 1.54) is 6.07 Å². The summed E-state index contributed by atoms with van der Waals surface area (Å²) >= 11 is 0.836. The van der Waals surface area contributed by atoms with Crippen LogP contribution in [-0.2, 0) is 4.79 Å². The van der Waals surface area contributed by atoms with Crippen molar-refractivity contribution in [3.63, 3.8) is 0 Å². The third kappa shape index (κ3) is 3.46. The summed E-state index contributed by atoms with van der Waals surface area (Å²) in [5.74, 6) is -2.50. The maximum absolute atomic E-state index is 13.2. The van der Waals surface area contributed by atoms with Crippen LogP contribution in [0.5, 0.6) is 0 Å². The van der Waals surface area contributed by atoms with Crippen LogP contribution < -0.4 is 5.73 Å². The number of benzene rings is 1. The number of nitrogens with two attached hydrogens (primary N) is 1. The Balaban J connectivity index is 2.81. The maximum atomic E-state index is 13.2. The third-order valence-electron chi connectivity index (χ3n) is 1.87. The summed E-state index contributed by atoms with van der Waals surface area (Å²) in [7, 11) is 0. The number of hydrogen-bond donors (Lipinski definition) is 2. The number of rotatable bonds is 5. The molecule has 0 heterocycles. The van der Waals surface area contributed by atoms with Crippen molar-refractivity contribution in [2.45, 2.75) is 16.6 Å². The van der Waals surface area contributed by atoms with Gasteiger partial charge in [0, 0.05) is 11.0 Å². The highest BCUT2D eigenvalue weighted by Gasteiger charge is 2.19. The van der Waals surface area contributed by atoms with Gasteiger partial charge in [0.2, 0.25) is 0 Å². The fourth-order valence-electron chi connectivity index (χ4n) is 1.11. The van der Waals surface area contributed by atoms with Crippen molar-refractivity contribution in [3.05, 3.63) is 29.8 Å². The Kier molecular flexibility index (Phi) is 4.70. The molecule has 0 fully saturated rings. The van der Waals surface area contributed by atoms with Gasteiger partial charge in [-0.25, -0.2) is 8.78 Å². The lowest BCUT2D eigenvalue weighted by Gasteiger charge is -2.11. The molecule has 6 heteroatoms. The lowest BCUT2D eigenvalue weighted by atomic mass is 10.3.